The van der Waals surface area contributed by atoms with E-state index in [0.717, 1.165) is 0 Å². The standard InChI is InChI=1S/C9H14FN6O13P3S/c10-3-1-16(8(33)13-6(3)11)7-4(17)5(18)9(27-7,14-15-12)2-26-31(22,23)29-32(24,25)28-30(19,20)21/h1,4-5,7,17-18H,2H2,(H,22,23)(H,24,25)(H2,11,13,33)(H2,19,20,21)/t4?,5-,7-,9-/m1/s1. The summed E-state index contributed by atoms with van der Waals surface area (Å²) in [5.74, 6) is -1.73. The molecule has 6 atom stereocenters. The molecular formula is C9H14FN6O13P3S. The number of aliphatic hydroxyl groups excluding tert-OH is 2. The number of nitrogens with zero attached hydrogens (tertiary/aromatic N) is 5. The first-order valence-corrected chi connectivity index (χ1v) is 12.8. The van der Waals surface area contributed by atoms with Gasteiger partial charge in [-0.25, -0.2) is 18.1 Å². The van der Waals surface area contributed by atoms with Crippen molar-refractivity contribution >= 4 is 41.5 Å². The molecule has 1 aromatic rings. The molecule has 1 saturated heterocycles. The summed E-state index contributed by atoms with van der Waals surface area (Å²) in [6, 6.07) is 0. The van der Waals surface area contributed by atoms with Crippen LogP contribution in [0.1, 0.15) is 6.23 Å². The number of aromatic nitrogens is 2. The van der Waals surface area contributed by atoms with Crippen molar-refractivity contribution in [1.82, 2.24) is 9.55 Å². The minimum atomic E-state index is -5.88. The molecule has 0 aromatic carbocycles. The fourth-order valence-corrected chi connectivity index (χ4v) is 5.71. The van der Waals surface area contributed by atoms with Crippen LogP contribution in [-0.4, -0.2) is 63.9 Å². The number of ether oxygens (including phenoxy) is 1. The van der Waals surface area contributed by atoms with E-state index in [0.29, 0.717) is 10.8 Å². The number of phosphoric ester groups is 1. The van der Waals surface area contributed by atoms with Crippen LogP contribution in [0, 0.1) is 10.6 Å². The first kappa shape index (κ1) is 27.9. The van der Waals surface area contributed by atoms with Gasteiger partial charge in [-0.1, -0.05) is 5.11 Å². The predicted octanol–water partition coefficient (Wildman–Crippen LogP) is -0.0656. The highest BCUT2D eigenvalue weighted by atomic mass is 32.1. The van der Waals surface area contributed by atoms with E-state index < -0.39 is 70.6 Å². The van der Waals surface area contributed by atoms with Gasteiger partial charge in [0.25, 0.3) is 0 Å². The number of hydrogen-bond donors (Lipinski definition) is 7. The summed E-state index contributed by atoms with van der Waals surface area (Å²) in [5.41, 5.74) is 11.3. The van der Waals surface area contributed by atoms with Crippen molar-refractivity contribution < 1.29 is 65.8 Å². The van der Waals surface area contributed by atoms with Gasteiger partial charge < -0.3 is 40.3 Å². The van der Waals surface area contributed by atoms with Gasteiger partial charge in [-0.15, -0.1) is 0 Å². The van der Waals surface area contributed by atoms with Gasteiger partial charge in [0.05, 0.1) is 6.61 Å². The number of azide groups is 1. The number of nitrogens with two attached hydrogens (primary N) is 1. The highest BCUT2D eigenvalue weighted by Crippen LogP contribution is 2.66. The summed E-state index contributed by atoms with van der Waals surface area (Å²) >= 11 is 4.85. The van der Waals surface area contributed by atoms with Crippen molar-refractivity contribution in [1.29, 1.82) is 0 Å². The Labute approximate surface area is 186 Å². The number of anilines is 1. The SMILES string of the molecule is [N-]=[N+]=N[C@]1(COP(=O)(O)OP(=O)(O)OP(=O)(O)O)O[C@@H](n2cc(F)c(N)nc2=S)C(O)[C@H]1O. The predicted molar refractivity (Wildman–Crippen MR) is 101 cm³/mol. The molecule has 0 aliphatic carbocycles. The van der Waals surface area contributed by atoms with Gasteiger partial charge in [0.1, 0.15) is 12.2 Å². The summed E-state index contributed by atoms with van der Waals surface area (Å²) in [6.07, 6.45) is -5.48. The van der Waals surface area contributed by atoms with E-state index in [4.69, 9.17) is 42.9 Å². The minimum Gasteiger partial charge on any atom is -0.387 e. The number of nitrogen functional groups attached to an aromatic ring is 1. The molecule has 0 amide bonds. The van der Waals surface area contributed by atoms with Gasteiger partial charge in [-0.3, -0.25) is 9.09 Å². The summed E-state index contributed by atoms with van der Waals surface area (Å²) in [7, 11) is -17.3. The molecule has 3 unspecified atom stereocenters. The Bertz CT molecular complexity index is 1170. The Morgan fingerprint density at radius 2 is 1.91 bits per heavy atom. The lowest BCUT2D eigenvalue weighted by atomic mass is 10.1. The first-order chi connectivity index (χ1) is 14.9. The topological polar surface area (TPSA) is 302 Å². The largest absolute Gasteiger partial charge is 0.490 e. The molecule has 8 N–H and O–H groups in total. The molecule has 19 nitrogen and oxygen atoms in total. The second-order valence-corrected chi connectivity index (χ2v) is 10.8. The lowest BCUT2D eigenvalue weighted by molar-refractivity contribution is -0.122. The Hall–Kier alpha value is -1.37. The van der Waals surface area contributed by atoms with Gasteiger partial charge in [0, 0.05) is 11.1 Å². The third-order valence-corrected chi connectivity index (χ3v) is 7.76. The Balaban J connectivity index is 2.31. The lowest BCUT2D eigenvalue weighted by Gasteiger charge is -2.27. The van der Waals surface area contributed by atoms with Crippen molar-refractivity contribution in [3.8, 4) is 0 Å². The second-order valence-electron chi connectivity index (χ2n) is 6.01. The number of halogens is 1. The Morgan fingerprint density at radius 1 is 1.30 bits per heavy atom. The van der Waals surface area contributed by atoms with Crippen LogP contribution in [0.3, 0.4) is 0 Å². The Kier molecular flexibility index (Phi) is 8.20. The molecule has 0 bridgehead atoms. The van der Waals surface area contributed by atoms with Gasteiger partial charge in [-0.05, 0) is 17.7 Å². The lowest BCUT2D eigenvalue weighted by Crippen LogP contribution is -2.44. The maximum absolute atomic E-state index is 13.8. The van der Waals surface area contributed by atoms with Crippen LogP contribution >= 0.6 is 35.7 Å². The molecule has 33 heavy (non-hydrogen) atoms. The molecule has 24 heteroatoms. The van der Waals surface area contributed by atoms with Crippen molar-refractivity contribution in [2.75, 3.05) is 12.3 Å². The third-order valence-electron chi connectivity index (χ3n) is 3.68. The van der Waals surface area contributed by atoms with Crippen LogP contribution in [0.2, 0.25) is 0 Å². The van der Waals surface area contributed by atoms with Crippen molar-refractivity contribution in [3.63, 3.8) is 0 Å². The summed E-state index contributed by atoms with van der Waals surface area (Å²) < 4.78 is 64.5. The quantitative estimate of drug-likeness (QED) is 0.0686. The smallest absolute Gasteiger partial charge is 0.387 e. The van der Waals surface area contributed by atoms with E-state index in [1.54, 1.807) is 0 Å². The second kappa shape index (κ2) is 9.71. The molecule has 2 rings (SSSR count). The van der Waals surface area contributed by atoms with Crippen molar-refractivity contribution in [2.24, 2.45) is 5.11 Å². The molecular weight excluding hydrogens is 544 g/mol. The van der Waals surface area contributed by atoms with Gasteiger partial charge in [-0.2, -0.15) is 13.6 Å². The number of aliphatic hydroxyl groups is 2. The first-order valence-electron chi connectivity index (χ1n) is 7.85. The zero-order chi connectivity index (χ0) is 25.4. The van der Waals surface area contributed by atoms with E-state index in [2.05, 4.69) is 28.2 Å². The average Bonchev–Trinajstić information content (AvgIpc) is 2.86. The average molecular weight is 558 g/mol. The zero-order valence-corrected chi connectivity index (χ0v) is 19.0. The van der Waals surface area contributed by atoms with Crippen LogP contribution in [0.15, 0.2) is 11.3 Å². The Morgan fingerprint density at radius 3 is 2.45 bits per heavy atom. The van der Waals surface area contributed by atoms with Crippen LogP contribution in [0.5, 0.6) is 0 Å². The van der Waals surface area contributed by atoms with Crippen molar-refractivity contribution in [3.05, 3.63) is 27.2 Å². The molecule has 1 aromatic heterocycles. The van der Waals surface area contributed by atoms with Crippen LogP contribution in [-0.2, 0) is 31.6 Å². The van der Waals surface area contributed by atoms with Crippen LogP contribution in [0.4, 0.5) is 10.2 Å². The maximum atomic E-state index is 13.8. The van der Waals surface area contributed by atoms with Gasteiger partial charge in [0.2, 0.25) is 10.5 Å². The number of hydrogen-bond acceptors (Lipinski definition) is 13. The molecule has 2 heterocycles. The highest BCUT2D eigenvalue weighted by Gasteiger charge is 2.56. The van der Waals surface area contributed by atoms with Gasteiger partial charge >= 0.3 is 23.5 Å². The third kappa shape index (κ3) is 6.83. The van der Waals surface area contributed by atoms with Crippen LogP contribution in [0.25, 0.3) is 10.4 Å². The molecule has 186 valence electrons. The monoisotopic (exact) mass is 558 g/mol. The van der Waals surface area contributed by atoms with E-state index in [-0.39, 0.29) is 0 Å². The molecule has 1 fully saturated rings. The van der Waals surface area contributed by atoms with E-state index in [1.807, 2.05) is 0 Å². The molecule has 0 saturated carbocycles. The zero-order valence-electron chi connectivity index (χ0n) is 15.5. The maximum Gasteiger partial charge on any atom is 0.490 e. The van der Waals surface area contributed by atoms with E-state index in [9.17, 15) is 33.2 Å². The van der Waals surface area contributed by atoms with E-state index in [1.165, 1.54) is 0 Å². The summed E-state index contributed by atoms with van der Waals surface area (Å²) in [6.45, 7) is -1.46. The fraction of sp³-hybridized carbons (Fsp3) is 0.556. The summed E-state index contributed by atoms with van der Waals surface area (Å²) in [5, 5.41) is 23.7. The highest BCUT2D eigenvalue weighted by molar-refractivity contribution is 7.71. The normalized spacial score (nSPS) is 29.1. The molecule has 0 spiro atoms. The van der Waals surface area contributed by atoms with E-state index >= 15 is 0 Å². The minimum absolute atomic E-state index is 0.463. The molecule has 0 radical (unpaired) electrons. The van der Waals surface area contributed by atoms with Crippen molar-refractivity contribution in [2.45, 2.75) is 24.2 Å². The van der Waals surface area contributed by atoms with Crippen LogP contribution < -0.4 is 5.73 Å². The summed E-state index contributed by atoms with van der Waals surface area (Å²) in [4.78, 5) is 41.5. The molecule has 1 aliphatic heterocycles. The number of rotatable bonds is 9. The molecule has 1 aliphatic rings. The fourth-order valence-electron chi connectivity index (χ4n) is 2.42. The number of phosphoric acid groups is 3. The van der Waals surface area contributed by atoms with Gasteiger partial charge in [0.15, 0.2) is 17.9 Å².